The van der Waals surface area contributed by atoms with Gasteiger partial charge in [-0.05, 0) is 114 Å². The zero-order chi connectivity index (χ0) is 71.2. The maximum atomic E-state index is 13.5. The average Bonchev–Trinajstić information content (AvgIpc) is 1.21. The molecule has 1 N–H and O–H groups in total. The van der Waals surface area contributed by atoms with Crippen molar-refractivity contribution >= 4 is 11.0 Å². The van der Waals surface area contributed by atoms with E-state index < -0.39 is 115 Å². The molecule has 0 aliphatic heterocycles. The van der Waals surface area contributed by atoms with E-state index in [2.05, 4.69) is 26.8 Å². The van der Waals surface area contributed by atoms with Crippen LogP contribution in [-0.2, 0) is 53.6 Å². The molecule has 0 unspecified atom stereocenters. The van der Waals surface area contributed by atoms with Crippen molar-refractivity contribution < 1.29 is 57.7 Å². The molecule has 378 valence electrons. The summed E-state index contributed by atoms with van der Waals surface area (Å²) in [6.07, 6.45) is 1.30. The molecule has 5 heteroatoms. The third-order valence-corrected chi connectivity index (χ3v) is 13.0. The Hall–Kier alpha value is -5.57. The van der Waals surface area contributed by atoms with Gasteiger partial charge in [0.25, 0.3) is 0 Å². The zero-order valence-corrected chi connectivity index (χ0v) is 45.3. The molecule has 0 aliphatic rings. The Morgan fingerprint density at radius 1 is 0.528 bits per heavy atom. The molecule has 0 amide bonds. The number of rotatable bonds is 6. The van der Waals surface area contributed by atoms with Gasteiger partial charge in [0.1, 0.15) is 11.6 Å². The number of para-hydroxylation sites is 1. The number of benzene rings is 6. The first-order valence-electron chi connectivity index (χ1n) is 35.2. The smallest absolute Gasteiger partial charge is 0.148 e. The van der Waals surface area contributed by atoms with Crippen LogP contribution in [0.3, 0.4) is 0 Å². The Morgan fingerprint density at radius 2 is 1.14 bits per heavy atom. The molecule has 2 aromatic heterocycles. The van der Waals surface area contributed by atoms with Crippen molar-refractivity contribution in [2.24, 2.45) is 0 Å². The summed E-state index contributed by atoms with van der Waals surface area (Å²) in [5, 5.41) is 13.5. The molecule has 0 saturated carbocycles. The Labute approximate surface area is 479 Å². The van der Waals surface area contributed by atoms with Crippen LogP contribution in [0.4, 0.5) is 0 Å². The number of imidazole rings is 1. The number of aromatic hydroxyl groups is 1. The fourth-order valence-electron chi connectivity index (χ4n) is 8.95. The number of hydrogen-bond donors (Lipinski definition) is 1. The minimum Gasteiger partial charge on any atom is -0.507 e. The van der Waals surface area contributed by atoms with Crippen molar-refractivity contribution in [1.29, 1.82) is 0 Å². The molecular weight excluding hydrogens is 1060 g/mol. The Bertz CT molecular complexity index is 4030. The van der Waals surface area contributed by atoms with Crippen LogP contribution in [0.5, 0.6) is 5.75 Å². The van der Waals surface area contributed by atoms with Crippen molar-refractivity contribution in [2.75, 3.05) is 0 Å². The molecule has 2 heterocycles. The first kappa shape index (κ1) is 31.2. The molecule has 0 aliphatic carbocycles. The summed E-state index contributed by atoms with van der Waals surface area (Å²) >= 11 is 0. The Balaban J connectivity index is 0.0000128. The van der Waals surface area contributed by atoms with E-state index in [0.717, 1.165) is 11.1 Å². The number of aryl methyl sites for hydroxylation is 1. The molecule has 0 saturated heterocycles. The number of fused-ring (bicyclic) bond motifs is 1. The van der Waals surface area contributed by atoms with E-state index in [1.165, 1.54) is 10.8 Å². The van der Waals surface area contributed by atoms with E-state index in [1.54, 1.807) is 24.3 Å². The second-order valence-electron chi connectivity index (χ2n) is 22.8. The van der Waals surface area contributed by atoms with Crippen LogP contribution >= 0.6 is 0 Å². The number of aromatic nitrogens is 3. The number of nitrogens with zero attached hydrogens (tertiary/aromatic N) is 3. The van der Waals surface area contributed by atoms with Crippen molar-refractivity contribution in [3.05, 3.63) is 166 Å². The monoisotopic (exact) mass is 1160 g/mol. The minimum absolute atomic E-state index is 0. The normalized spacial score (nSPS) is 18.8. The largest absolute Gasteiger partial charge is 0.507 e. The van der Waals surface area contributed by atoms with Gasteiger partial charge in [0.15, 0.2) is 0 Å². The zero-order valence-electron chi connectivity index (χ0n) is 66.0. The summed E-state index contributed by atoms with van der Waals surface area (Å²) in [5.41, 5.74) is -9.82. The molecule has 0 radical (unpaired) electrons. The average molecular weight is 1160 g/mol. The third kappa shape index (κ3) is 10.7. The van der Waals surface area contributed by atoms with Gasteiger partial charge >= 0.3 is 0 Å². The first-order valence-corrected chi connectivity index (χ1v) is 23.7. The summed E-state index contributed by atoms with van der Waals surface area (Å²) in [7, 11) is 0. The van der Waals surface area contributed by atoms with Crippen LogP contribution in [-0.4, -0.2) is 19.6 Å². The van der Waals surface area contributed by atoms with Gasteiger partial charge in [-0.25, -0.2) is 4.98 Å². The maximum absolute atomic E-state index is 13.5. The fraction of sp³-hybridized carbons (Fsp3) is 0.373. The molecule has 8 aromatic rings. The third-order valence-electron chi connectivity index (χ3n) is 13.0. The Morgan fingerprint density at radius 3 is 1.71 bits per heavy atom. The maximum Gasteiger partial charge on any atom is 0.148 e. The number of hydrogen-bond acceptors (Lipinski definition) is 3. The Kier molecular flexibility index (Phi) is 8.26. The van der Waals surface area contributed by atoms with E-state index in [0.29, 0.717) is 50.2 Å². The summed E-state index contributed by atoms with van der Waals surface area (Å²) in [6.45, 7) is -5.37. The summed E-state index contributed by atoms with van der Waals surface area (Å²) in [4.78, 5) is 9.97. The standard InChI is InChI=1S/C67H78N3O.Pt/c1-41-40-68-56(39-51(41)43-28-30-47(31-29-43)62(2,3)4)46-32-45(33-48(34-46)63(5,6)7)50-26-23-27-57-58(50)69-61(52-37-49(64(8,9)10)38-55(60(52)71)67(17,18)19)70(57)59-53(65(11,12)13)35-44(36-54(59)66(14,15)16)42-24-21-20-22-25-42;/h20-31,33-40,71H,1-19H3;/q-1;/i1D3,8D3,9D3,10D3,17D3,18D3,19D3,37D,38D;. The van der Waals surface area contributed by atoms with Gasteiger partial charge < -0.3 is 5.11 Å². The van der Waals surface area contributed by atoms with Gasteiger partial charge in [-0.2, -0.15) is 0 Å². The van der Waals surface area contributed by atoms with Gasteiger partial charge in [0.2, 0.25) is 0 Å². The van der Waals surface area contributed by atoms with E-state index in [1.807, 2.05) is 141 Å². The molecular formula is C67H78N3OPt-. The van der Waals surface area contributed by atoms with Crippen LogP contribution in [0.2, 0.25) is 0 Å². The van der Waals surface area contributed by atoms with Crippen LogP contribution in [0.25, 0.3) is 72.7 Å². The van der Waals surface area contributed by atoms with Crippen LogP contribution in [0.15, 0.2) is 121 Å². The predicted molar refractivity (Wildman–Crippen MR) is 303 cm³/mol. The van der Waals surface area contributed by atoms with E-state index in [9.17, 15) is 7.85 Å². The molecule has 0 spiro atoms. The quantitative estimate of drug-likeness (QED) is 0.169. The molecule has 72 heavy (non-hydrogen) atoms. The van der Waals surface area contributed by atoms with Crippen molar-refractivity contribution in [2.45, 2.75) is 164 Å². The fourth-order valence-corrected chi connectivity index (χ4v) is 8.95. The summed E-state index contributed by atoms with van der Waals surface area (Å²) < 4.78 is 208. The van der Waals surface area contributed by atoms with E-state index >= 15 is 0 Å². The second kappa shape index (κ2) is 19.0. The first-order chi connectivity index (χ1) is 42.4. The van der Waals surface area contributed by atoms with Gasteiger partial charge in [-0.1, -0.05) is 214 Å². The van der Waals surface area contributed by atoms with Crippen LogP contribution in [0, 0.1) is 12.9 Å². The van der Waals surface area contributed by atoms with E-state index in [4.69, 9.17) is 38.8 Å². The summed E-state index contributed by atoms with van der Waals surface area (Å²) in [6, 6.07) is 30.9. The van der Waals surface area contributed by atoms with E-state index in [-0.39, 0.29) is 54.3 Å². The van der Waals surface area contributed by atoms with Crippen LogP contribution in [0.1, 0.15) is 195 Å². The van der Waals surface area contributed by atoms with Gasteiger partial charge in [0.05, 0.1) is 25.0 Å². The number of phenolic OH excluding ortho intramolecular Hbond substituents is 1. The molecule has 0 fully saturated rings. The number of phenols is 1. The molecule has 8 rings (SSSR count). The van der Waals surface area contributed by atoms with Crippen LogP contribution < -0.4 is 0 Å². The SMILES string of the molecule is [2H]c1c(-c2nc3c(-c4[c-]c(-c5cc(-c6ccc(C(C)(C)C)cc6)c(C([2H])([2H])[2H])cn5)cc(C(C)(C)C)c4)cccc3n2-c2c(C(C)(C)C)cc(-c3ccccc3)cc2C(C)(C)C)c(O)c(C(C([2H])([2H])[2H])(C([2H])([2H])[2H])C([2H])([2H])[2H])c([2H])c1C(C([2H])([2H])[2H])(C([2H])([2H])[2H])C([2H])([2H])[2H].[Pt]. The van der Waals surface area contributed by atoms with Gasteiger partial charge in [-0.15, -0.1) is 29.3 Å². The van der Waals surface area contributed by atoms with Crippen molar-refractivity contribution in [3.63, 3.8) is 0 Å². The van der Waals surface area contributed by atoms with Gasteiger partial charge in [0, 0.05) is 67.3 Å². The predicted octanol–water partition coefficient (Wildman–Crippen LogP) is 18.4. The molecule has 0 atom stereocenters. The van der Waals surface area contributed by atoms with Crippen molar-refractivity contribution in [3.8, 4) is 67.5 Å². The van der Waals surface area contributed by atoms with Crippen molar-refractivity contribution in [1.82, 2.24) is 14.5 Å². The second-order valence-corrected chi connectivity index (χ2v) is 22.8. The minimum atomic E-state index is -4.48. The molecule has 6 aromatic carbocycles. The van der Waals surface area contributed by atoms with Gasteiger partial charge in [-0.3, -0.25) is 9.55 Å². The molecule has 0 bridgehead atoms. The molecule has 4 nitrogen and oxygen atoms in total. The topological polar surface area (TPSA) is 50.9 Å². The number of pyridine rings is 1. The summed E-state index contributed by atoms with van der Waals surface area (Å²) in [5.74, 6) is -2.43.